The third-order valence-corrected chi connectivity index (χ3v) is 5.70. The van der Waals surface area contributed by atoms with E-state index in [1.54, 1.807) is 0 Å². The average molecular weight is 367 g/mol. The largest absolute Gasteiger partial charge is 0.447 e. The van der Waals surface area contributed by atoms with Crippen LogP contribution < -0.4 is 0 Å². The molecule has 0 saturated carbocycles. The van der Waals surface area contributed by atoms with Gasteiger partial charge in [0.25, 0.3) is 0 Å². The number of ether oxygens (including phenoxy) is 2. The van der Waals surface area contributed by atoms with Gasteiger partial charge in [0.1, 0.15) is 0 Å². The SMILES string of the molecule is CC(C)OC(=O)N1CCC(N2CCC[C@@H](C(=O)N3CCOCC3)C2)CC1. The molecule has 148 valence electrons. The van der Waals surface area contributed by atoms with Crippen LogP contribution in [0.4, 0.5) is 4.79 Å². The predicted octanol–water partition coefficient (Wildman–Crippen LogP) is 1.57. The fraction of sp³-hybridized carbons (Fsp3) is 0.895. The summed E-state index contributed by atoms with van der Waals surface area (Å²) in [7, 11) is 0. The zero-order chi connectivity index (χ0) is 18.5. The van der Waals surface area contributed by atoms with Crippen molar-refractivity contribution in [2.75, 3.05) is 52.5 Å². The molecule has 0 aliphatic carbocycles. The first-order valence-corrected chi connectivity index (χ1v) is 10.1. The first-order chi connectivity index (χ1) is 12.5. The maximum atomic E-state index is 12.8. The Kier molecular flexibility index (Phi) is 6.75. The molecule has 0 bridgehead atoms. The van der Waals surface area contributed by atoms with Gasteiger partial charge in [0, 0.05) is 38.8 Å². The second-order valence-electron chi connectivity index (χ2n) is 7.92. The molecule has 0 spiro atoms. The van der Waals surface area contributed by atoms with E-state index in [1.165, 1.54) is 0 Å². The summed E-state index contributed by atoms with van der Waals surface area (Å²) in [5.41, 5.74) is 0. The van der Waals surface area contributed by atoms with Crippen LogP contribution in [0.5, 0.6) is 0 Å². The third kappa shape index (κ3) is 4.88. The predicted molar refractivity (Wildman–Crippen MR) is 97.9 cm³/mol. The molecule has 3 aliphatic heterocycles. The summed E-state index contributed by atoms with van der Waals surface area (Å²) in [4.78, 5) is 31.1. The highest BCUT2D eigenvalue weighted by atomic mass is 16.6. The highest BCUT2D eigenvalue weighted by Gasteiger charge is 2.34. The van der Waals surface area contributed by atoms with Crippen LogP contribution in [0, 0.1) is 5.92 Å². The number of likely N-dealkylation sites (tertiary alicyclic amines) is 2. The summed E-state index contributed by atoms with van der Waals surface area (Å²) in [6, 6.07) is 0.471. The molecular formula is C19H33N3O4. The monoisotopic (exact) mass is 367 g/mol. The summed E-state index contributed by atoms with van der Waals surface area (Å²) < 4.78 is 10.7. The van der Waals surface area contributed by atoms with E-state index in [1.807, 2.05) is 23.6 Å². The number of rotatable bonds is 3. The van der Waals surface area contributed by atoms with Crippen molar-refractivity contribution in [2.24, 2.45) is 5.92 Å². The average Bonchev–Trinajstić information content (AvgIpc) is 2.68. The van der Waals surface area contributed by atoms with Gasteiger partial charge < -0.3 is 19.3 Å². The fourth-order valence-corrected chi connectivity index (χ4v) is 4.27. The first kappa shape index (κ1) is 19.4. The Bertz CT molecular complexity index is 485. The summed E-state index contributed by atoms with van der Waals surface area (Å²) in [6.07, 6.45) is 3.73. The molecule has 0 unspecified atom stereocenters. The lowest BCUT2D eigenvalue weighted by molar-refractivity contribution is -0.141. The van der Waals surface area contributed by atoms with E-state index < -0.39 is 0 Å². The van der Waals surface area contributed by atoms with Gasteiger partial charge in [0.05, 0.1) is 25.2 Å². The van der Waals surface area contributed by atoms with Crippen LogP contribution in [0.25, 0.3) is 0 Å². The van der Waals surface area contributed by atoms with E-state index in [0.717, 1.165) is 65.0 Å². The van der Waals surface area contributed by atoms with E-state index in [9.17, 15) is 9.59 Å². The summed E-state index contributed by atoms with van der Waals surface area (Å²) in [5.74, 6) is 0.418. The van der Waals surface area contributed by atoms with E-state index in [-0.39, 0.29) is 18.1 Å². The molecule has 0 aromatic carbocycles. The Labute approximate surface area is 156 Å². The summed E-state index contributed by atoms with van der Waals surface area (Å²) in [5, 5.41) is 0. The van der Waals surface area contributed by atoms with Gasteiger partial charge in [-0.25, -0.2) is 4.79 Å². The van der Waals surface area contributed by atoms with Crippen molar-refractivity contribution in [2.45, 2.75) is 51.7 Å². The molecular weight excluding hydrogens is 334 g/mol. The van der Waals surface area contributed by atoms with Crippen LogP contribution in [0.3, 0.4) is 0 Å². The Balaban J connectivity index is 1.48. The van der Waals surface area contributed by atoms with Gasteiger partial charge in [-0.15, -0.1) is 0 Å². The van der Waals surface area contributed by atoms with Gasteiger partial charge in [-0.3, -0.25) is 9.69 Å². The minimum Gasteiger partial charge on any atom is -0.447 e. The van der Waals surface area contributed by atoms with Crippen LogP contribution in [0.1, 0.15) is 39.5 Å². The summed E-state index contributed by atoms with van der Waals surface area (Å²) >= 11 is 0. The highest BCUT2D eigenvalue weighted by molar-refractivity contribution is 5.79. The van der Waals surface area contributed by atoms with Gasteiger partial charge in [-0.1, -0.05) is 0 Å². The lowest BCUT2D eigenvalue weighted by Gasteiger charge is -2.42. The number of amides is 2. The van der Waals surface area contributed by atoms with Gasteiger partial charge in [-0.2, -0.15) is 0 Å². The second kappa shape index (κ2) is 9.04. The van der Waals surface area contributed by atoms with E-state index in [0.29, 0.717) is 25.2 Å². The summed E-state index contributed by atoms with van der Waals surface area (Å²) in [6.45, 7) is 9.94. The molecule has 7 nitrogen and oxygen atoms in total. The Morgan fingerprint density at radius 2 is 1.65 bits per heavy atom. The molecule has 7 heteroatoms. The number of carbonyl (C=O) groups excluding carboxylic acids is 2. The molecule has 3 saturated heterocycles. The van der Waals surface area contributed by atoms with Crippen molar-refractivity contribution >= 4 is 12.0 Å². The Morgan fingerprint density at radius 3 is 2.31 bits per heavy atom. The number of carbonyl (C=O) groups is 2. The molecule has 3 heterocycles. The molecule has 0 aromatic rings. The molecule has 0 radical (unpaired) electrons. The van der Waals surface area contributed by atoms with Crippen molar-refractivity contribution < 1.29 is 19.1 Å². The zero-order valence-electron chi connectivity index (χ0n) is 16.2. The molecule has 3 aliphatic rings. The minimum absolute atomic E-state index is 0.0747. The molecule has 3 rings (SSSR count). The molecule has 26 heavy (non-hydrogen) atoms. The van der Waals surface area contributed by atoms with Crippen LogP contribution in [0.2, 0.25) is 0 Å². The zero-order valence-corrected chi connectivity index (χ0v) is 16.2. The van der Waals surface area contributed by atoms with Crippen LogP contribution in [0.15, 0.2) is 0 Å². The number of piperidine rings is 2. The van der Waals surface area contributed by atoms with Crippen molar-refractivity contribution in [3.63, 3.8) is 0 Å². The smallest absolute Gasteiger partial charge is 0.410 e. The van der Waals surface area contributed by atoms with Gasteiger partial charge in [0.15, 0.2) is 0 Å². The number of morpholine rings is 1. The quantitative estimate of drug-likeness (QED) is 0.758. The molecule has 3 fully saturated rings. The molecule has 0 aromatic heterocycles. The number of nitrogens with zero attached hydrogens (tertiary/aromatic N) is 3. The van der Waals surface area contributed by atoms with E-state index in [4.69, 9.17) is 9.47 Å². The molecule has 0 N–H and O–H groups in total. The van der Waals surface area contributed by atoms with Gasteiger partial charge in [-0.05, 0) is 46.1 Å². The Morgan fingerprint density at radius 1 is 0.962 bits per heavy atom. The highest BCUT2D eigenvalue weighted by Crippen LogP contribution is 2.25. The maximum absolute atomic E-state index is 12.8. The van der Waals surface area contributed by atoms with Crippen molar-refractivity contribution in [3.05, 3.63) is 0 Å². The Hall–Kier alpha value is -1.34. The topological polar surface area (TPSA) is 62.3 Å². The molecule has 1 atom stereocenters. The van der Waals surface area contributed by atoms with Crippen LogP contribution in [-0.2, 0) is 14.3 Å². The number of hydrogen-bond acceptors (Lipinski definition) is 5. The number of hydrogen-bond donors (Lipinski definition) is 0. The normalized spacial score (nSPS) is 26.2. The minimum atomic E-state index is -0.197. The van der Waals surface area contributed by atoms with E-state index in [2.05, 4.69) is 4.90 Å². The lowest BCUT2D eigenvalue weighted by atomic mass is 9.93. The molecule has 2 amide bonds. The van der Waals surface area contributed by atoms with Crippen molar-refractivity contribution in [1.82, 2.24) is 14.7 Å². The van der Waals surface area contributed by atoms with Crippen LogP contribution >= 0.6 is 0 Å². The van der Waals surface area contributed by atoms with E-state index >= 15 is 0 Å². The van der Waals surface area contributed by atoms with Gasteiger partial charge in [0.2, 0.25) is 5.91 Å². The fourth-order valence-electron chi connectivity index (χ4n) is 4.27. The van der Waals surface area contributed by atoms with Crippen LogP contribution in [-0.4, -0.2) is 91.3 Å². The lowest BCUT2D eigenvalue weighted by Crippen LogP contribution is -2.53. The van der Waals surface area contributed by atoms with Crippen molar-refractivity contribution in [3.8, 4) is 0 Å². The standard InChI is InChI=1S/C19H33N3O4/c1-15(2)26-19(24)21-8-5-17(6-9-21)22-7-3-4-16(14-22)18(23)20-10-12-25-13-11-20/h15-17H,3-14H2,1-2H3/t16-/m1/s1. The second-order valence-corrected chi connectivity index (χ2v) is 7.92. The van der Waals surface area contributed by atoms with Gasteiger partial charge >= 0.3 is 6.09 Å². The third-order valence-electron chi connectivity index (χ3n) is 5.70. The first-order valence-electron chi connectivity index (χ1n) is 10.1. The maximum Gasteiger partial charge on any atom is 0.410 e. The van der Waals surface area contributed by atoms with Crippen molar-refractivity contribution in [1.29, 1.82) is 0 Å².